The lowest BCUT2D eigenvalue weighted by atomic mass is 9.75. The van der Waals surface area contributed by atoms with Crippen molar-refractivity contribution in [3.63, 3.8) is 0 Å². The number of nitrogens with zero attached hydrogens (tertiary/aromatic N) is 2. The molecule has 0 radical (unpaired) electrons. The molecule has 0 saturated carbocycles. The lowest BCUT2D eigenvalue weighted by Crippen LogP contribution is -2.56. The Hall–Kier alpha value is -2.10. The van der Waals surface area contributed by atoms with Crippen molar-refractivity contribution < 1.29 is 9.59 Å². The fourth-order valence-corrected chi connectivity index (χ4v) is 3.72. The highest BCUT2D eigenvalue weighted by molar-refractivity contribution is 6.04. The van der Waals surface area contributed by atoms with Crippen LogP contribution in [0, 0.1) is 11.8 Å². The largest absolute Gasteiger partial charge is 0.368 e. The standard InChI is InChI=1S/C19H24N2O2/c1-3-20(4-2)19(23)16-13-21-11-10-15(16)18(22)17(21)12-14-8-6-5-7-9-14/h5-9,12,15-16H,3-4,10-11,13H2,1-2H3/b17-12+. The van der Waals surface area contributed by atoms with Crippen LogP contribution in [0.25, 0.3) is 6.08 Å². The molecule has 122 valence electrons. The molecule has 1 amide bonds. The molecule has 1 aromatic carbocycles. The first-order chi connectivity index (χ1) is 11.2. The van der Waals surface area contributed by atoms with Gasteiger partial charge in [0.25, 0.3) is 0 Å². The third-order valence-electron chi connectivity index (χ3n) is 5.04. The number of rotatable bonds is 4. The Bertz CT molecular complexity index is 620. The zero-order chi connectivity index (χ0) is 16.4. The molecule has 4 nitrogen and oxygen atoms in total. The summed E-state index contributed by atoms with van der Waals surface area (Å²) in [4.78, 5) is 29.5. The molecule has 1 aromatic rings. The number of hydrogen-bond donors (Lipinski definition) is 0. The minimum absolute atomic E-state index is 0.136. The van der Waals surface area contributed by atoms with Gasteiger partial charge in [0.2, 0.25) is 5.91 Å². The summed E-state index contributed by atoms with van der Waals surface area (Å²) in [6.45, 7) is 6.94. The van der Waals surface area contributed by atoms with E-state index >= 15 is 0 Å². The Morgan fingerprint density at radius 3 is 2.57 bits per heavy atom. The summed E-state index contributed by atoms with van der Waals surface area (Å²) in [5.41, 5.74) is 1.81. The van der Waals surface area contributed by atoms with E-state index in [-0.39, 0.29) is 23.5 Å². The van der Waals surface area contributed by atoms with Gasteiger partial charge in [0.15, 0.2) is 5.78 Å². The number of carbonyl (C=O) groups excluding carboxylic acids is 2. The molecule has 0 N–H and O–H groups in total. The first-order valence-corrected chi connectivity index (χ1v) is 8.50. The number of ketones is 1. The van der Waals surface area contributed by atoms with Gasteiger partial charge in [0.05, 0.1) is 11.6 Å². The van der Waals surface area contributed by atoms with Gasteiger partial charge in [-0.05, 0) is 31.9 Å². The van der Waals surface area contributed by atoms with E-state index in [0.717, 1.165) is 24.2 Å². The maximum absolute atomic E-state index is 12.8. The van der Waals surface area contributed by atoms with E-state index in [1.807, 2.05) is 55.2 Å². The van der Waals surface area contributed by atoms with E-state index in [2.05, 4.69) is 4.90 Å². The number of piperidine rings is 3. The van der Waals surface area contributed by atoms with Gasteiger partial charge in [-0.25, -0.2) is 0 Å². The van der Waals surface area contributed by atoms with Crippen LogP contribution in [0.2, 0.25) is 0 Å². The lowest BCUT2D eigenvalue weighted by Gasteiger charge is -2.46. The zero-order valence-corrected chi connectivity index (χ0v) is 13.9. The molecule has 2 atom stereocenters. The highest BCUT2D eigenvalue weighted by atomic mass is 16.2. The van der Waals surface area contributed by atoms with Gasteiger partial charge < -0.3 is 9.80 Å². The van der Waals surface area contributed by atoms with Crippen molar-refractivity contribution in [2.24, 2.45) is 11.8 Å². The molecule has 3 aliphatic rings. The average Bonchev–Trinajstić information content (AvgIpc) is 2.59. The van der Waals surface area contributed by atoms with Gasteiger partial charge in [0, 0.05) is 32.1 Å². The molecule has 3 heterocycles. The molecular weight excluding hydrogens is 288 g/mol. The second-order valence-electron chi connectivity index (χ2n) is 6.26. The van der Waals surface area contributed by atoms with E-state index < -0.39 is 0 Å². The number of hydrogen-bond acceptors (Lipinski definition) is 3. The van der Waals surface area contributed by atoms with E-state index in [0.29, 0.717) is 19.6 Å². The first-order valence-electron chi connectivity index (χ1n) is 8.50. The number of Topliss-reactive ketones (excluding diaryl/α,β-unsaturated/α-hetero) is 1. The van der Waals surface area contributed by atoms with Gasteiger partial charge in [-0.1, -0.05) is 30.3 Å². The van der Waals surface area contributed by atoms with Crippen LogP contribution in [0.4, 0.5) is 0 Å². The third kappa shape index (κ3) is 2.90. The SMILES string of the molecule is CCN(CC)C(=O)C1CN2CCC1C(=O)/C2=C\c1ccccc1. The smallest absolute Gasteiger partial charge is 0.228 e. The van der Waals surface area contributed by atoms with Crippen molar-refractivity contribution in [2.45, 2.75) is 20.3 Å². The molecule has 23 heavy (non-hydrogen) atoms. The van der Waals surface area contributed by atoms with Crippen molar-refractivity contribution in [3.8, 4) is 0 Å². The maximum Gasteiger partial charge on any atom is 0.228 e. The number of amides is 1. The van der Waals surface area contributed by atoms with Crippen LogP contribution in [0.1, 0.15) is 25.8 Å². The van der Waals surface area contributed by atoms with Crippen LogP contribution >= 0.6 is 0 Å². The van der Waals surface area contributed by atoms with Gasteiger partial charge in [0.1, 0.15) is 0 Å². The monoisotopic (exact) mass is 312 g/mol. The Morgan fingerprint density at radius 2 is 1.96 bits per heavy atom. The molecule has 3 aliphatic heterocycles. The minimum Gasteiger partial charge on any atom is -0.368 e. The Morgan fingerprint density at radius 1 is 1.26 bits per heavy atom. The Kier molecular flexibility index (Phi) is 4.51. The van der Waals surface area contributed by atoms with Crippen molar-refractivity contribution in [1.29, 1.82) is 0 Å². The predicted octanol–water partition coefficient (Wildman–Crippen LogP) is 2.42. The predicted molar refractivity (Wildman–Crippen MR) is 90.5 cm³/mol. The summed E-state index contributed by atoms with van der Waals surface area (Å²) in [7, 11) is 0. The van der Waals surface area contributed by atoms with Gasteiger partial charge in [-0.3, -0.25) is 9.59 Å². The quantitative estimate of drug-likeness (QED) is 0.802. The molecule has 0 aromatic heterocycles. The Labute approximate surface area is 137 Å². The van der Waals surface area contributed by atoms with E-state index in [1.54, 1.807) is 0 Å². The number of fused-ring (bicyclic) bond motifs is 3. The minimum atomic E-state index is -0.177. The van der Waals surface area contributed by atoms with Crippen LogP contribution in [-0.2, 0) is 9.59 Å². The third-order valence-corrected chi connectivity index (χ3v) is 5.04. The van der Waals surface area contributed by atoms with Crippen LogP contribution in [0.15, 0.2) is 36.0 Å². The molecule has 4 heteroatoms. The van der Waals surface area contributed by atoms with Crippen molar-refractivity contribution in [1.82, 2.24) is 9.80 Å². The summed E-state index contributed by atoms with van der Waals surface area (Å²) < 4.78 is 0. The summed E-state index contributed by atoms with van der Waals surface area (Å²) in [5.74, 6) is -0.0548. The topological polar surface area (TPSA) is 40.6 Å². The zero-order valence-electron chi connectivity index (χ0n) is 13.9. The molecular formula is C19H24N2O2. The van der Waals surface area contributed by atoms with Gasteiger partial charge in [-0.2, -0.15) is 0 Å². The van der Waals surface area contributed by atoms with Crippen LogP contribution in [0.5, 0.6) is 0 Å². The van der Waals surface area contributed by atoms with E-state index in [4.69, 9.17) is 0 Å². The van der Waals surface area contributed by atoms with E-state index in [9.17, 15) is 9.59 Å². The van der Waals surface area contributed by atoms with Gasteiger partial charge in [-0.15, -0.1) is 0 Å². The molecule has 2 bridgehead atoms. The fourth-order valence-electron chi connectivity index (χ4n) is 3.72. The number of benzene rings is 1. The number of carbonyl (C=O) groups is 2. The normalized spacial score (nSPS) is 25.0. The fraction of sp³-hybridized carbons (Fsp3) is 0.474. The highest BCUT2D eigenvalue weighted by Crippen LogP contribution is 2.37. The number of allylic oxidation sites excluding steroid dienone is 1. The van der Waals surface area contributed by atoms with Crippen molar-refractivity contribution in [2.75, 3.05) is 26.2 Å². The summed E-state index contributed by atoms with van der Waals surface area (Å²) in [6, 6.07) is 9.92. The molecule has 3 saturated heterocycles. The lowest BCUT2D eigenvalue weighted by molar-refractivity contribution is -0.146. The summed E-state index contributed by atoms with van der Waals surface area (Å²) >= 11 is 0. The highest BCUT2D eigenvalue weighted by Gasteiger charge is 2.46. The molecule has 0 aliphatic carbocycles. The van der Waals surface area contributed by atoms with Gasteiger partial charge >= 0.3 is 0 Å². The Balaban J connectivity index is 1.83. The first kappa shape index (κ1) is 15.8. The summed E-state index contributed by atoms with van der Waals surface area (Å²) in [6.07, 6.45) is 2.76. The average molecular weight is 312 g/mol. The second-order valence-corrected chi connectivity index (χ2v) is 6.26. The van der Waals surface area contributed by atoms with Crippen LogP contribution < -0.4 is 0 Å². The molecule has 2 unspecified atom stereocenters. The maximum atomic E-state index is 12.8. The molecule has 4 rings (SSSR count). The van der Waals surface area contributed by atoms with Crippen LogP contribution in [-0.4, -0.2) is 47.7 Å². The van der Waals surface area contributed by atoms with Crippen molar-refractivity contribution in [3.05, 3.63) is 41.6 Å². The molecule has 3 fully saturated rings. The molecule has 0 spiro atoms. The second kappa shape index (κ2) is 6.57. The summed E-state index contributed by atoms with van der Waals surface area (Å²) in [5, 5.41) is 0. The van der Waals surface area contributed by atoms with Crippen LogP contribution in [0.3, 0.4) is 0 Å². The van der Waals surface area contributed by atoms with Crippen molar-refractivity contribution >= 4 is 17.8 Å². The van der Waals surface area contributed by atoms with E-state index in [1.165, 1.54) is 0 Å².